The highest BCUT2D eigenvalue weighted by molar-refractivity contribution is 5.94. The first-order valence-corrected chi connectivity index (χ1v) is 6.59. The number of carbonyl (C=O) groups is 1. The van der Waals surface area contributed by atoms with E-state index >= 15 is 0 Å². The molecule has 0 saturated carbocycles. The molecule has 1 aromatic rings. The van der Waals surface area contributed by atoms with E-state index in [1.165, 1.54) is 12.8 Å². The van der Waals surface area contributed by atoms with Crippen molar-refractivity contribution in [3.63, 3.8) is 0 Å². The van der Waals surface area contributed by atoms with Crippen LogP contribution in [0.1, 0.15) is 19.3 Å². The number of carbonyl (C=O) groups excluding carboxylic acids is 1. The fourth-order valence-corrected chi connectivity index (χ4v) is 2.26. The number of benzene rings is 1. The van der Waals surface area contributed by atoms with Gasteiger partial charge in [0, 0.05) is 26.1 Å². The minimum atomic E-state index is 0.0657. The quantitative estimate of drug-likeness (QED) is 0.834. The Morgan fingerprint density at radius 2 is 2.00 bits per heavy atom. The fraction of sp³-hybridized carbons (Fsp3) is 0.500. The first-order chi connectivity index (χ1) is 8.81. The maximum absolute atomic E-state index is 11.8. The summed E-state index contributed by atoms with van der Waals surface area (Å²) in [6, 6.07) is 8.05. The summed E-state index contributed by atoms with van der Waals surface area (Å²) in [5.41, 5.74) is 2.08. The summed E-state index contributed by atoms with van der Waals surface area (Å²) in [7, 11) is 1.85. The number of rotatable bonds is 5. The molecule has 0 aromatic heterocycles. The summed E-state index contributed by atoms with van der Waals surface area (Å²) in [5, 5.41) is 5.98. The number of amides is 1. The maximum Gasteiger partial charge on any atom is 0.225 e. The van der Waals surface area contributed by atoms with Crippen LogP contribution in [-0.4, -0.2) is 32.6 Å². The maximum atomic E-state index is 11.8. The van der Waals surface area contributed by atoms with Gasteiger partial charge in [0.25, 0.3) is 0 Å². The monoisotopic (exact) mass is 247 g/mol. The molecule has 0 unspecified atom stereocenters. The highest BCUT2D eigenvalue weighted by Gasteiger charge is 2.16. The Morgan fingerprint density at radius 1 is 1.28 bits per heavy atom. The largest absolute Gasteiger partial charge is 0.370 e. The van der Waals surface area contributed by atoms with E-state index in [1.54, 1.807) is 0 Å². The molecule has 0 aliphatic carbocycles. The smallest absolute Gasteiger partial charge is 0.225 e. The standard InChI is InChI=1S/C14H21N3O/c1-15-9-8-14(18)16-12-6-2-3-7-13(12)17-10-4-5-11-17/h2-3,6-7,15H,4-5,8-11H2,1H3,(H,16,18). The summed E-state index contributed by atoms with van der Waals surface area (Å²) in [6.45, 7) is 2.88. The lowest BCUT2D eigenvalue weighted by atomic mass is 10.2. The molecule has 4 heteroatoms. The highest BCUT2D eigenvalue weighted by Crippen LogP contribution is 2.28. The van der Waals surface area contributed by atoms with E-state index in [9.17, 15) is 4.79 Å². The molecule has 1 heterocycles. The van der Waals surface area contributed by atoms with Gasteiger partial charge in [0.05, 0.1) is 11.4 Å². The van der Waals surface area contributed by atoms with Crippen molar-refractivity contribution in [3.8, 4) is 0 Å². The summed E-state index contributed by atoms with van der Waals surface area (Å²) >= 11 is 0. The molecule has 1 aliphatic rings. The van der Waals surface area contributed by atoms with Gasteiger partial charge in [-0.05, 0) is 32.0 Å². The molecule has 18 heavy (non-hydrogen) atoms. The molecule has 1 aromatic carbocycles. The van der Waals surface area contributed by atoms with Gasteiger partial charge in [0.15, 0.2) is 0 Å². The Kier molecular flexibility index (Phi) is 4.59. The molecule has 1 saturated heterocycles. The van der Waals surface area contributed by atoms with Gasteiger partial charge >= 0.3 is 0 Å². The Labute approximate surface area is 108 Å². The van der Waals surface area contributed by atoms with Crippen molar-refractivity contribution in [1.29, 1.82) is 0 Å². The number of para-hydroxylation sites is 2. The normalized spacial score (nSPS) is 14.8. The second-order valence-electron chi connectivity index (χ2n) is 4.61. The van der Waals surface area contributed by atoms with Gasteiger partial charge < -0.3 is 15.5 Å². The highest BCUT2D eigenvalue weighted by atomic mass is 16.1. The van der Waals surface area contributed by atoms with E-state index in [2.05, 4.69) is 21.6 Å². The number of hydrogen-bond donors (Lipinski definition) is 2. The Morgan fingerprint density at radius 3 is 2.72 bits per heavy atom. The van der Waals surface area contributed by atoms with E-state index in [1.807, 2.05) is 25.2 Å². The molecule has 0 spiro atoms. The molecule has 0 radical (unpaired) electrons. The van der Waals surface area contributed by atoms with Crippen molar-refractivity contribution < 1.29 is 4.79 Å². The van der Waals surface area contributed by atoms with Crippen LogP contribution in [0, 0.1) is 0 Å². The Bertz CT molecular complexity index is 400. The third-order valence-corrected chi connectivity index (χ3v) is 3.23. The predicted octanol–water partition coefficient (Wildman–Crippen LogP) is 1.83. The molecule has 2 rings (SSSR count). The van der Waals surface area contributed by atoms with Gasteiger partial charge in [-0.2, -0.15) is 0 Å². The first kappa shape index (κ1) is 12.9. The Balaban J connectivity index is 2.05. The second kappa shape index (κ2) is 6.40. The first-order valence-electron chi connectivity index (χ1n) is 6.59. The number of hydrogen-bond acceptors (Lipinski definition) is 3. The van der Waals surface area contributed by atoms with Crippen molar-refractivity contribution in [2.24, 2.45) is 0 Å². The molecular weight excluding hydrogens is 226 g/mol. The van der Waals surface area contributed by atoms with Crippen LogP contribution >= 0.6 is 0 Å². The lowest BCUT2D eigenvalue weighted by Gasteiger charge is -2.21. The van der Waals surface area contributed by atoms with E-state index in [-0.39, 0.29) is 5.91 Å². The van der Waals surface area contributed by atoms with Crippen molar-refractivity contribution >= 4 is 17.3 Å². The minimum absolute atomic E-state index is 0.0657. The molecule has 1 aliphatic heterocycles. The summed E-state index contributed by atoms with van der Waals surface area (Å²) in [5.74, 6) is 0.0657. The van der Waals surface area contributed by atoms with Crippen LogP contribution in [0.3, 0.4) is 0 Å². The predicted molar refractivity (Wildman–Crippen MR) is 75.1 cm³/mol. The van der Waals surface area contributed by atoms with Gasteiger partial charge in [-0.3, -0.25) is 4.79 Å². The summed E-state index contributed by atoms with van der Waals surface area (Å²) in [4.78, 5) is 14.1. The molecule has 98 valence electrons. The lowest BCUT2D eigenvalue weighted by Crippen LogP contribution is -2.22. The zero-order valence-corrected chi connectivity index (χ0v) is 10.9. The van der Waals surface area contributed by atoms with Crippen molar-refractivity contribution in [2.45, 2.75) is 19.3 Å². The third-order valence-electron chi connectivity index (χ3n) is 3.23. The van der Waals surface area contributed by atoms with Crippen LogP contribution < -0.4 is 15.5 Å². The summed E-state index contributed by atoms with van der Waals surface area (Å²) in [6.07, 6.45) is 2.98. The van der Waals surface area contributed by atoms with Crippen molar-refractivity contribution in [2.75, 3.05) is 36.9 Å². The molecule has 2 N–H and O–H groups in total. The lowest BCUT2D eigenvalue weighted by molar-refractivity contribution is -0.116. The Hall–Kier alpha value is -1.55. The van der Waals surface area contributed by atoms with E-state index in [0.717, 1.165) is 24.5 Å². The van der Waals surface area contributed by atoms with Crippen LogP contribution in [0.15, 0.2) is 24.3 Å². The molecular formula is C14H21N3O. The van der Waals surface area contributed by atoms with E-state index < -0.39 is 0 Å². The molecule has 0 atom stereocenters. The van der Waals surface area contributed by atoms with Gasteiger partial charge in [-0.25, -0.2) is 0 Å². The average Bonchev–Trinajstić information content (AvgIpc) is 2.91. The zero-order valence-electron chi connectivity index (χ0n) is 10.9. The van der Waals surface area contributed by atoms with Gasteiger partial charge in [-0.1, -0.05) is 12.1 Å². The van der Waals surface area contributed by atoms with Crippen molar-refractivity contribution in [1.82, 2.24) is 5.32 Å². The zero-order chi connectivity index (χ0) is 12.8. The van der Waals surface area contributed by atoms with Crippen LogP contribution in [0.2, 0.25) is 0 Å². The van der Waals surface area contributed by atoms with Crippen LogP contribution in [0.4, 0.5) is 11.4 Å². The number of nitrogens with zero attached hydrogens (tertiary/aromatic N) is 1. The topological polar surface area (TPSA) is 44.4 Å². The van der Waals surface area contributed by atoms with Crippen LogP contribution in [0.5, 0.6) is 0 Å². The molecule has 1 fully saturated rings. The van der Waals surface area contributed by atoms with E-state index in [0.29, 0.717) is 13.0 Å². The number of anilines is 2. The SMILES string of the molecule is CNCCC(=O)Nc1ccccc1N1CCCC1. The van der Waals surface area contributed by atoms with Crippen LogP contribution in [0.25, 0.3) is 0 Å². The van der Waals surface area contributed by atoms with Gasteiger partial charge in [-0.15, -0.1) is 0 Å². The summed E-state index contributed by atoms with van der Waals surface area (Å²) < 4.78 is 0. The molecule has 1 amide bonds. The van der Waals surface area contributed by atoms with Crippen LogP contribution in [-0.2, 0) is 4.79 Å². The van der Waals surface area contributed by atoms with Crippen molar-refractivity contribution in [3.05, 3.63) is 24.3 Å². The molecule has 0 bridgehead atoms. The molecule has 4 nitrogen and oxygen atoms in total. The van der Waals surface area contributed by atoms with Gasteiger partial charge in [0.2, 0.25) is 5.91 Å². The average molecular weight is 247 g/mol. The third kappa shape index (κ3) is 3.23. The van der Waals surface area contributed by atoms with Gasteiger partial charge in [0.1, 0.15) is 0 Å². The minimum Gasteiger partial charge on any atom is -0.370 e. The number of nitrogens with one attached hydrogen (secondary N) is 2. The van der Waals surface area contributed by atoms with E-state index in [4.69, 9.17) is 0 Å². The fourth-order valence-electron chi connectivity index (χ4n) is 2.26. The second-order valence-corrected chi connectivity index (χ2v) is 4.61.